The Hall–Kier alpha value is -0.500. The lowest BCUT2D eigenvalue weighted by molar-refractivity contribution is 0.0714. The summed E-state index contributed by atoms with van der Waals surface area (Å²) in [6.45, 7) is 5.25. The average molecular weight is 155 g/mol. The fraction of sp³-hybridized carbons (Fsp3) is 0.778. The van der Waals surface area contributed by atoms with Gasteiger partial charge in [-0.05, 0) is 20.3 Å². The summed E-state index contributed by atoms with van der Waals surface area (Å²) in [6, 6.07) is 0. The van der Waals surface area contributed by atoms with Crippen LogP contribution >= 0.6 is 0 Å². The second kappa shape index (κ2) is 3.77. The Labute approximate surface area is 68.6 Å². The van der Waals surface area contributed by atoms with E-state index in [1.54, 1.807) is 7.11 Å². The molecule has 2 atom stereocenters. The second-order valence-corrected chi connectivity index (χ2v) is 2.97. The molecule has 2 heteroatoms. The van der Waals surface area contributed by atoms with Gasteiger partial charge in [0, 0.05) is 25.3 Å². The zero-order valence-electron chi connectivity index (χ0n) is 7.55. The van der Waals surface area contributed by atoms with E-state index in [1.807, 2.05) is 0 Å². The highest BCUT2D eigenvalue weighted by Gasteiger charge is 2.26. The Kier molecular flexibility index (Phi) is 2.94. The van der Waals surface area contributed by atoms with Gasteiger partial charge < -0.3 is 10.1 Å². The van der Waals surface area contributed by atoms with Crippen LogP contribution in [-0.2, 0) is 4.74 Å². The molecule has 1 aliphatic rings. The van der Waals surface area contributed by atoms with Crippen LogP contribution in [0.2, 0.25) is 0 Å². The molecule has 1 unspecified atom stereocenters. The van der Waals surface area contributed by atoms with E-state index in [9.17, 15) is 0 Å². The number of allylic oxidation sites excluding steroid dienone is 1. The SMILES string of the molecule is CCNC1=CCC1[C@@H](C)OC. The van der Waals surface area contributed by atoms with Crippen molar-refractivity contribution in [1.29, 1.82) is 0 Å². The monoisotopic (exact) mass is 155 g/mol. The van der Waals surface area contributed by atoms with E-state index in [4.69, 9.17) is 4.74 Å². The van der Waals surface area contributed by atoms with Gasteiger partial charge in [-0.3, -0.25) is 0 Å². The molecule has 1 aliphatic carbocycles. The molecule has 0 aromatic heterocycles. The molecule has 1 N–H and O–H groups in total. The summed E-state index contributed by atoms with van der Waals surface area (Å²) in [5.74, 6) is 0.611. The van der Waals surface area contributed by atoms with Gasteiger partial charge in [0.15, 0.2) is 0 Å². The van der Waals surface area contributed by atoms with Crippen LogP contribution in [0.25, 0.3) is 0 Å². The van der Waals surface area contributed by atoms with Crippen LogP contribution < -0.4 is 5.32 Å². The first-order chi connectivity index (χ1) is 5.29. The molecular weight excluding hydrogens is 138 g/mol. The highest BCUT2D eigenvalue weighted by molar-refractivity contribution is 5.17. The minimum atomic E-state index is 0.356. The second-order valence-electron chi connectivity index (χ2n) is 2.97. The lowest BCUT2D eigenvalue weighted by Crippen LogP contribution is -2.33. The van der Waals surface area contributed by atoms with Crippen LogP contribution in [0.4, 0.5) is 0 Å². The zero-order valence-corrected chi connectivity index (χ0v) is 7.55. The summed E-state index contributed by atoms with van der Waals surface area (Å²) in [4.78, 5) is 0. The van der Waals surface area contributed by atoms with Crippen molar-refractivity contribution in [3.8, 4) is 0 Å². The van der Waals surface area contributed by atoms with Crippen LogP contribution in [0.3, 0.4) is 0 Å². The molecule has 0 heterocycles. The standard InChI is InChI=1S/C9H17NO/c1-4-10-9-6-5-8(9)7(2)11-3/h6-8,10H,4-5H2,1-3H3/t7-,8?/m1/s1. The van der Waals surface area contributed by atoms with Crippen molar-refractivity contribution in [3.05, 3.63) is 11.8 Å². The third kappa shape index (κ3) is 1.74. The highest BCUT2D eigenvalue weighted by Crippen LogP contribution is 2.28. The quantitative estimate of drug-likeness (QED) is 0.665. The normalized spacial score (nSPS) is 25.4. The van der Waals surface area contributed by atoms with Gasteiger partial charge >= 0.3 is 0 Å². The summed E-state index contributed by atoms with van der Waals surface area (Å²) < 4.78 is 5.25. The number of hydrogen-bond acceptors (Lipinski definition) is 2. The molecule has 0 saturated carbocycles. The number of rotatable bonds is 4. The fourth-order valence-electron chi connectivity index (χ4n) is 1.39. The molecular formula is C9H17NO. The Morgan fingerprint density at radius 1 is 1.82 bits per heavy atom. The molecule has 1 rings (SSSR count). The number of nitrogens with one attached hydrogen (secondary N) is 1. The van der Waals surface area contributed by atoms with Crippen molar-refractivity contribution < 1.29 is 4.74 Å². The van der Waals surface area contributed by atoms with Crippen LogP contribution in [0.5, 0.6) is 0 Å². The van der Waals surface area contributed by atoms with Crippen molar-refractivity contribution in [2.24, 2.45) is 5.92 Å². The van der Waals surface area contributed by atoms with Gasteiger partial charge in [-0.15, -0.1) is 0 Å². The predicted octanol–water partition coefficient (Wildman–Crippen LogP) is 1.53. The van der Waals surface area contributed by atoms with Crippen molar-refractivity contribution in [2.45, 2.75) is 26.4 Å². The van der Waals surface area contributed by atoms with E-state index >= 15 is 0 Å². The first-order valence-electron chi connectivity index (χ1n) is 4.26. The number of methoxy groups -OCH3 is 1. The lowest BCUT2D eigenvalue weighted by atomic mass is 9.86. The zero-order chi connectivity index (χ0) is 8.27. The van der Waals surface area contributed by atoms with Gasteiger partial charge in [-0.2, -0.15) is 0 Å². The van der Waals surface area contributed by atoms with E-state index in [1.165, 1.54) is 5.70 Å². The predicted molar refractivity (Wildman–Crippen MR) is 46.3 cm³/mol. The average Bonchev–Trinajstić information content (AvgIpc) is 1.98. The van der Waals surface area contributed by atoms with E-state index in [0.717, 1.165) is 13.0 Å². The summed E-state index contributed by atoms with van der Waals surface area (Å²) in [6.07, 6.45) is 3.76. The summed E-state index contributed by atoms with van der Waals surface area (Å²) in [5.41, 5.74) is 1.36. The first kappa shape index (κ1) is 8.60. The third-order valence-electron chi connectivity index (χ3n) is 2.31. The fourth-order valence-corrected chi connectivity index (χ4v) is 1.39. The van der Waals surface area contributed by atoms with Gasteiger partial charge in [0.05, 0.1) is 6.10 Å². The Morgan fingerprint density at radius 3 is 2.91 bits per heavy atom. The molecule has 0 fully saturated rings. The van der Waals surface area contributed by atoms with Crippen LogP contribution in [0, 0.1) is 5.92 Å². The summed E-state index contributed by atoms with van der Waals surface area (Å²) in [7, 11) is 1.77. The number of hydrogen-bond donors (Lipinski definition) is 1. The Morgan fingerprint density at radius 2 is 2.55 bits per heavy atom. The summed E-state index contributed by atoms with van der Waals surface area (Å²) in [5, 5.41) is 3.33. The van der Waals surface area contributed by atoms with Gasteiger partial charge in [-0.25, -0.2) is 0 Å². The molecule has 0 saturated heterocycles. The van der Waals surface area contributed by atoms with Crippen LogP contribution in [-0.4, -0.2) is 19.8 Å². The van der Waals surface area contributed by atoms with Crippen molar-refractivity contribution >= 4 is 0 Å². The maximum atomic E-state index is 5.25. The molecule has 2 nitrogen and oxygen atoms in total. The van der Waals surface area contributed by atoms with E-state index in [2.05, 4.69) is 25.2 Å². The molecule has 0 spiro atoms. The molecule has 0 radical (unpaired) electrons. The smallest absolute Gasteiger partial charge is 0.0628 e. The Balaban J connectivity index is 2.35. The van der Waals surface area contributed by atoms with Gasteiger partial charge in [-0.1, -0.05) is 6.08 Å². The molecule has 0 aromatic rings. The molecule has 0 aliphatic heterocycles. The van der Waals surface area contributed by atoms with E-state index in [-0.39, 0.29) is 0 Å². The number of ether oxygens (including phenoxy) is 1. The van der Waals surface area contributed by atoms with Crippen molar-refractivity contribution in [1.82, 2.24) is 5.32 Å². The van der Waals surface area contributed by atoms with Gasteiger partial charge in [0.2, 0.25) is 0 Å². The summed E-state index contributed by atoms with van der Waals surface area (Å²) >= 11 is 0. The molecule has 64 valence electrons. The Bertz CT molecular complexity index is 154. The van der Waals surface area contributed by atoms with E-state index in [0.29, 0.717) is 12.0 Å². The van der Waals surface area contributed by atoms with Crippen molar-refractivity contribution in [3.63, 3.8) is 0 Å². The topological polar surface area (TPSA) is 21.3 Å². The van der Waals surface area contributed by atoms with Gasteiger partial charge in [0.25, 0.3) is 0 Å². The third-order valence-corrected chi connectivity index (χ3v) is 2.31. The molecule has 11 heavy (non-hydrogen) atoms. The largest absolute Gasteiger partial charge is 0.389 e. The molecule has 0 bridgehead atoms. The van der Waals surface area contributed by atoms with E-state index < -0.39 is 0 Å². The first-order valence-corrected chi connectivity index (χ1v) is 4.26. The maximum absolute atomic E-state index is 5.25. The minimum absolute atomic E-state index is 0.356. The van der Waals surface area contributed by atoms with Gasteiger partial charge in [0.1, 0.15) is 0 Å². The van der Waals surface area contributed by atoms with Crippen molar-refractivity contribution in [2.75, 3.05) is 13.7 Å². The molecule has 0 amide bonds. The lowest BCUT2D eigenvalue weighted by Gasteiger charge is -2.32. The van der Waals surface area contributed by atoms with Crippen LogP contribution in [0.15, 0.2) is 11.8 Å². The maximum Gasteiger partial charge on any atom is 0.0628 e. The molecule has 0 aromatic carbocycles. The highest BCUT2D eigenvalue weighted by atomic mass is 16.5. The minimum Gasteiger partial charge on any atom is -0.389 e. The van der Waals surface area contributed by atoms with Crippen LogP contribution in [0.1, 0.15) is 20.3 Å².